The summed E-state index contributed by atoms with van der Waals surface area (Å²) in [5.41, 5.74) is 1.86. The highest BCUT2D eigenvalue weighted by Gasteiger charge is 2.24. The van der Waals surface area contributed by atoms with Crippen molar-refractivity contribution in [2.45, 2.75) is 26.3 Å². The van der Waals surface area contributed by atoms with Gasteiger partial charge in [-0.2, -0.15) is 4.31 Å². The molecule has 2 saturated heterocycles. The van der Waals surface area contributed by atoms with E-state index >= 15 is 0 Å². The number of nitrogens with zero attached hydrogens (tertiary/aromatic N) is 3. The van der Waals surface area contributed by atoms with Gasteiger partial charge in [0.1, 0.15) is 0 Å². The molecule has 2 fully saturated rings. The highest BCUT2D eigenvalue weighted by Crippen LogP contribution is 2.19. The van der Waals surface area contributed by atoms with E-state index in [-0.39, 0.29) is 5.91 Å². The number of rotatable bonds is 4. The first-order valence-electron chi connectivity index (χ1n) is 9.38. The maximum Gasteiger partial charge on any atom is 0.253 e. The van der Waals surface area contributed by atoms with Gasteiger partial charge in [0, 0.05) is 51.4 Å². The van der Waals surface area contributed by atoms with Crippen molar-refractivity contribution in [2.75, 3.05) is 45.5 Å². The highest BCUT2D eigenvalue weighted by atomic mass is 32.2. The molecule has 0 aromatic heterocycles. The van der Waals surface area contributed by atoms with E-state index in [4.69, 9.17) is 0 Å². The molecule has 26 heavy (non-hydrogen) atoms. The molecule has 2 heterocycles. The summed E-state index contributed by atoms with van der Waals surface area (Å²) in [4.78, 5) is 16.9. The molecule has 0 spiro atoms. The summed E-state index contributed by atoms with van der Waals surface area (Å²) in [5.74, 6) is 0.830. The van der Waals surface area contributed by atoms with Gasteiger partial charge in [0.25, 0.3) is 5.91 Å². The molecular formula is C19H29N3O3S. The van der Waals surface area contributed by atoms with E-state index in [2.05, 4.69) is 11.8 Å². The van der Waals surface area contributed by atoms with Gasteiger partial charge in [-0.3, -0.25) is 9.69 Å². The second-order valence-corrected chi connectivity index (χ2v) is 9.60. The van der Waals surface area contributed by atoms with Crippen molar-refractivity contribution < 1.29 is 13.2 Å². The van der Waals surface area contributed by atoms with Crippen LogP contribution in [-0.4, -0.2) is 74.0 Å². The lowest BCUT2D eigenvalue weighted by atomic mass is 9.98. The number of carbonyl (C=O) groups is 1. The first-order valence-corrected chi connectivity index (χ1v) is 11.2. The quantitative estimate of drug-likeness (QED) is 0.798. The lowest BCUT2D eigenvalue weighted by molar-refractivity contribution is 0.0697. The van der Waals surface area contributed by atoms with Crippen LogP contribution in [0.2, 0.25) is 0 Å². The lowest BCUT2D eigenvalue weighted by Gasteiger charge is -2.33. The number of carbonyl (C=O) groups excluding carboxylic acids is 1. The molecule has 0 N–H and O–H groups in total. The summed E-state index contributed by atoms with van der Waals surface area (Å²) in [7, 11) is -3.10. The summed E-state index contributed by atoms with van der Waals surface area (Å²) >= 11 is 0. The Bertz CT molecular complexity index is 734. The standard InChI is InChI=1S/C19H29N3O3S/c1-16-6-8-21(9-7-16)19(23)18-5-3-4-17(14-18)15-20-10-12-22(13-11-20)26(2,24)25/h3-5,14,16H,6-13,15H2,1-2H3. The molecule has 3 rings (SSSR count). The first-order chi connectivity index (χ1) is 12.3. The van der Waals surface area contributed by atoms with Crippen LogP contribution in [0.4, 0.5) is 0 Å². The molecule has 144 valence electrons. The molecule has 0 radical (unpaired) electrons. The van der Waals surface area contributed by atoms with Crippen LogP contribution in [-0.2, 0) is 16.6 Å². The van der Waals surface area contributed by atoms with Crippen LogP contribution in [0, 0.1) is 5.92 Å². The van der Waals surface area contributed by atoms with Crippen molar-refractivity contribution in [3.8, 4) is 0 Å². The van der Waals surface area contributed by atoms with E-state index in [0.717, 1.165) is 56.7 Å². The Kier molecular flexibility index (Phi) is 5.99. The number of hydrogen-bond acceptors (Lipinski definition) is 4. The van der Waals surface area contributed by atoms with Gasteiger partial charge in [0.05, 0.1) is 6.26 Å². The van der Waals surface area contributed by atoms with Gasteiger partial charge in [-0.05, 0) is 36.5 Å². The average Bonchev–Trinajstić information content (AvgIpc) is 2.62. The zero-order valence-corrected chi connectivity index (χ0v) is 16.5. The smallest absolute Gasteiger partial charge is 0.253 e. The van der Waals surface area contributed by atoms with Gasteiger partial charge in [-0.25, -0.2) is 8.42 Å². The minimum atomic E-state index is -3.10. The minimum absolute atomic E-state index is 0.126. The van der Waals surface area contributed by atoms with Gasteiger partial charge in [0.15, 0.2) is 0 Å². The van der Waals surface area contributed by atoms with E-state index in [1.807, 2.05) is 29.2 Å². The molecule has 1 amide bonds. The fourth-order valence-electron chi connectivity index (χ4n) is 3.67. The highest BCUT2D eigenvalue weighted by molar-refractivity contribution is 7.88. The molecule has 0 saturated carbocycles. The molecular weight excluding hydrogens is 350 g/mol. The molecule has 0 bridgehead atoms. The number of piperidine rings is 1. The number of hydrogen-bond donors (Lipinski definition) is 0. The van der Waals surface area contributed by atoms with Crippen molar-refractivity contribution in [3.05, 3.63) is 35.4 Å². The van der Waals surface area contributed by atoms with Gasteiger partial charge >= 0.3 is 0 Å². The second-order valence-electron chi connectivity index (χ2n) is 7.61. The molecule has 7 heteroatoms. The molecule has 1 aromatic rings. The zero-order chi connectivity index (χ0) is 18.7. The number of likely N-dealkylation sites (tertiary alicyclic amines) is 1. The van der Waals surface area contributed by atoms with Crippen LogP contribution in [0.15, 0.2) is 24.3 Å². The fraction of sp³-hybridized carbons (Fsp3) is 0.632. The Hall–Kier alpha value is -1.44. The fourth-order valence-corrected chi connectivity index (χ4v) is 4.50. The second kappa shape index (κ2) is 8.06. The van der Waals surface area contributed by atoms with E-state index in [1.54, 1.807) is 0 Å². The van der Waals surface area contributed by atoms with Crippen molar-refractivity contribution in [1.29, 1.82) is 0 Å². The summed E-state index contributed by atoms with van der Waals surface area (Å²) in [6, 6.07) is 7.87. The Morgan fingerprint density at radius 1 is 1.08 bits per heavy atom. The summed E-state index contributed by atoms with van der Waals surface area (Å²) in [5, 5.41) is 0. The maximum absolute atomic E-state index is 12.7. The Balaban J connectivity index is 1.59. The van der Waals surface area contributed by atoms with Crippen molar-refractivity contribution in [1.82, 2.24) is 14.1 Å². The average molecular weight is 380 g/mol. The Labute approximate surface area is 156 Å². The monoisotopic (exact) mass is 379 g/mol. The normalized spacial score (nSPS) is 21.1. The predicted molar refractivity (Wildman–Crippen MR) is 102 cm³/mol. The molecule has 0 atom stereocenters. The molecule has 1 aromatic carbocycles. The summed E-state index contributed by atoms with van der Waals surface area (Å²) in [6.45, 7) is 7.18. The number of benzene rings is 1. The topological polar surface area (TPSA) is 60.9 Å². The third-order valence-corrected chi connectivity index (χ3v) is 6.75. The zero-order valence-electron chi connectivity index (χ0n) is 15.7. The lowest BCUT2D eigenvalue weighted by Crippen LogP contribution is -2.47. The molecule has 6 nitrogen and oxygen atoms in total. The first kappa shape index (κ1) is 19.3. The van der Waals surface area contributed by atoms with Crippen LogP contribution in [0.25, 0.3) is 0 Å². The van der Waals surface area contributed by atoms with Crippen molar-refractivity contribution >= 4 is 15.9 Å². The molecule has 2 aliphatic heterocycles. The van der Waals surface area contributed by atoms with E-state index in [1.165, 1.54) is 10.6 Å². The Morgan fingerprint density at radius 3 is 2.35 bits per heavy atom. The number of piperazine rings is 1. The number of amides is 1. The molecule has 0 aliphatic carbocycles. The Morgan fingerprint density at radius 2 is 1.73 bits per heavy atom. The van der Waals surface area contributed by atoms with Gasteiger partial charge in [-0.15, -0.1) is 0 Å². The third kappa shape index (κ3) is 4.84. The van der Waals surface area contributed by atoms with E-state index < -0.39 is 10.0 Å². The largest absolute Gasteiger partial charge is 0.339 e. The molecule has 2 aliphatic rings. The van der Waals surface area contributed by atoms with E-state index in [0.29, 0.717) is 19.0 Å². The molecule has 0 unspecified atom stereocenters. The third-order valence-electron chi connectivity index (χ3n) is 5.45. The van der Waals surface area contributed by atoms with Crippen LogP contribution in [0.3, 0.4) is 0 Å². The van der Waals surface area contributed by atoms with Gasteiger partial charge in [0.2, 0.25) is 10.0 Å². The van der Waals surface area contributed by atoms with Crippen LogP contribution in [0.1, 0.15) is 35.7 Å². The van der Waals surface area contributed by atoms with Crippen LogP contribution < -0.4 is 0 Å². The summed E-state index contributed by atoms with van der Waals surface area (Å²) < 4.78 is 24.7. The van der Waals surface area contributed by atoms with E-state index in [9.17, 15) is 13.2 Å². The van der Waals surface area contributed by atoms with Crippen molar-refractivity contribution in [2.24, 2.45) is 5.92 Å². The van der Waals surface area contributed by atoms with Gasteiger partial charge in [-0.1, -0.05) is 19.1 Å². The minimum Gasteiger partial charge on any atom is -0.339 e. The van der Waals surface area contributed by atoms with Gasteiger partial charge < -0.3 is 4.90 Å². The van der Waals surface area contributed by atoms with Crippen LogP contribution >= 0.6 is 0 Å². The van der Waals surface area contributed by atoms with Crippen LogP contribution in [0.5, 0.6) is 0 Å². The summed E-state index contributed by atoms with van der Waals surface area (Å²) in [6.07, 6.45) is 3.42. The SMILES string of the molecule is CC1CCN(C(=O)c2cccc(CN3CCN(S(C)(=O)=O)CC3)c2)CC1. The number of sulfonamides is 1. The predicted octanol–water partition coefficient (Wildman–Crippen LogP) is 1.64. The maximum atomic E-state index is 12.7. The van der Waals surface area contributed by atoms with Crippen molar-refractivity contribution in [3.63, 3.8) is 0 Å².